The Labute approximate surface area is 80.1 Å². The SMILES string of the molecule is COC(=O)C(O)=C(Cl)C(=O)C1CC1. The van der Waals surface area contributed by atoms with Crippen LogP contribution in [0.5, 0.6) is 0 Å². The number of hydrogen-bond acceptors (Lipinski definition) is 4. The van der Waals surface area contributed by atoms with E-state index in [4.69, 9.17) is 16.7 Å². The zero-order valence-electron chi connectivity index (χ0n) is 7.04. The zero-order valence-corrected chi connectivity index (χ0v) is 7.80. The van der Waals surface area contributed by atoms with Crippen molar-refractivity contribution in [1.29, 1.82) is 0 Å². The number of Topliss-reactive ketones (excluding diaryl/α,β-unsaturated/α-hetero) is 1. The summed E-state index contributed by atoms with van der Waals surface area (Å²) in [5.74, 6) is -2.30. The van der Waals surface area contributed by atoms with Crippen molar-refractivity contribution in [3.8, 4) is 0 Å². The van der Waals surface area contributed by atoms with Gasteiger partial charge in [-0.15, -0.1) is 0 Å². The summed E-state index contributed by atoms with van der Waals surface area (Å²) in [5, 5.41) is 8.66. The second kappa shape index (κ2) is 3.79. The van der Waals surface area contributed by atoms with Crippen LogP contribution in [0.2, 0.25) is 0 Å². The molecule has 1 fully saturated rings. The maximum atomic E-state index is 11.2. The molecule has 0 saturated heterocycles. The number of allylic oxidation sites excluding steroid dienone is 1. The predicted molar refractivity (Wildman–Crippen MR) is 45.3 cm³/mol. The molecule has 13 heavy (non-hydrogen) atoms. The number of aliphatic hydroxyl groups is 1. The molecule has 0 unspecified atom stereocenters. The summed E-state index contributed by atoms with van der Waals surface area (Å²) in [6, 6.07) is 0. The number of halogens is 1. The Bertz CT molecular complexity index is 278. The molecule has 1 saturated carbocycles. The molecule has 4 nitrogen and oxygen atoms in total. The van der Waals surface area contributed by atoms with Crippen LogP contribution in [0.4, 0.5) is 0 Å². The number of aliphatic hydroxyl groups excluding tert-OH is 1. The third kappa shape index (κ3) is 2.21. The summed E-state index contributed by atoms with van der Waals surface area (Å²) >= 11 is 5.47. The Hall–Kier alpha value is -1.03. The molecule has 0 aromatic carbocycles. The van der Waals surface area contributed by atoms with Crippen LogP contribution in [0.1, 0.15) is 12.8 Å². The van der Waals surface area contributed by atoms with Crippen LogP contribution in [-0.2, 0) is 14.3 Å². The molecule has 72 valence electrons. The van der Waals surface area contributed by atoms with E-state index in [0.29, 0.717) is 0 Å². The van der Waals surface area contributed by atoms with Crippen LogP contribution in [-0.4, -0.2) is 24.0 Å². The Morgan fingerprint density at radius 2 is 2.00 bits per heavy atom. The normalized spacial score (nSPS) is 17.7. The summed E-state index contributed by atoms with van der Waals surface area (Å²) in [6.07, 6.45) is 1.53. The lowest BCUT2D eigenvalue weighted by Crippen LogP contribution is -2.11. The monoisotopic (exact) mass is 204 g/mol. The molecule has 0 aromatic heterocycles. The van der Waals surface area contributed by atoms with Crippen molar-refractivity contribution in [2.24, 2.45) is 5.92 Å². The van der Waals surface area contributed by atoms with Crippen LogP contribution in [0, 0.1) is 5.92 Å². The first-order valence-corrected chi connectivity index (χ1v) is 4.17. The highest BCUT2D eigenvalue weighted by atomic mass is 35.5. The van der Waals surface area contributed by atoms with E-state index < -0.39 is 16.8 Å². The van der Waals surface area contributed by atoms with E-state index in [0.717, 1.165) is 20.0 Å². The molecule has 0 aromatic rings. The second-order valence-corrected chi connectivity index (χ2v) is 3.17. The molecular weight excluding hydrogens is 196 g/mol. The van der Waals surface area contributed by atoms with Gasteiger partial charge in [0.15, 0.2) is 5.78 Å². The number of carbonyl (C=O) groups excluding carboxylic acids is 2. The van der Waals surface area contributed by atoms with Gasteiger partial charge in [-0.3, -0.25) is 4.79 Å². The number of esters is 1. The summed E-state index contributed by atoms with van der Waals surface area (Å²) in [7, 11) is 1.10. The van der Waals surface area contributed by atoms with Gasteiger partial charge in [-0.2, -0.15) is 0 Å². The number of methoxy groups -OCH3 is 1. The summed E-state index contributed by atoms with van der Waals surface area (Å²) < 4.78 is 4.20. The highest BCUT2D eigenvalue weighted by molar-refractivity contribution is 6.44. The van der Waals surface area contributed by atoms with E-state index in [9.17, 15) is 9.59 Å². The van der Waals surface area contributed by atoms with Gasteiger partial charge in [0.25, 0.3) is 0 Å². The predicted octanol–water partition coefficient (Wildman–Crippen LogP) is 1.15. The second-order valence-electron chi connectivity index (χ2n) is 2.79. The third-order valence-corrected chi connectivity index (χ3v) is 2.12. The van der Waals surface area contributed by atoms with E-state index in [1.165, 1.54) is 0 Å². The van der Waals surface area contributed by atoms with Crippen molar-refractivity contribution in [3.05, 3.63) is 10.8 Å². The molecule has 1 rings (SSSR count). The van der Waals surface area contributed by atoms with Gasteiger partial charge >= 0.3 is 5.97 Å². The summed E-state index contributed by atoms with van der Waals surface area (Å²) in [4.78, 5) is 21.9. The van der Waals surface area contributed by atoms with Crippen molar-refractivity contribution in [3.63, 3.8) is 0 Å². The van der Waals surface area contributed by atoms with E-state index in [-0.39, 0.29) is 11.7 Å². The molecule has 1 N–H and O–H groups in total. The molecule has 1 aliphatic carbocycles. The first-order chi connectivity index (χ1) is 6.07. The molecule has 0 heterocycles. The van der Waals surface area contributed by atoms with Crippen LogP contribution in [0.25, 0.3) is 0 Å². The quantitative estimate of drug-likeness (QED) is 0.426. The van der Waals surface area contributed by atoms with Crippen LogP contribution in [0.15, 0.2) is 10.8 Å². The Kier molecular flexibility index (Phi) is 2.93. The van der Waals surface area contributed by atoms with E-state index in [1.54, 1.807) is 0 Å². The number of rotatable bonds is 3. The van der Waals surface area contributed by atoms with Gasteiger partial charge < -0.3 is 9.84 Å². The largest absolute Gasteiger partial charge is 0.501 e. The smallest absolute Gasteiger partial charge is 0.374 e. The van der Waals surface area contributed by atoms with E-state index >= 15 is 0 Å². The fourth-order valence-corrected chi connectivity index (χ4v) is 1.06. The summed E-state index contributed by atoms with van der Waals surface area (Å²) in [5.41, 5.74) is 0. The fourth-order valence-electron chi connectivity index (χ4n) is 0.828. The Balaban J connectivity index is 2.76. The summed E-state index contributed by atoms with van der Waals surface area (Å²) in [6.45, 7) is 0. The van der Waals surface area contributed by atoms with Crippen molar-refractivity contribution >= 4 is 23.4 Å². The average molecular weight is 205 g/mol. The average Bonchev–Trinajstić information content (AvgIpc) is 2.96. The Morgan fingerprint density at radius 3 is 2.38 bits per heavy atom. The molecule has 0 spiro atoms. The van der Waals surface area contributed by atoms with Crippen LogP contribution < -0.4 is 0 Å². The minimum Gasteiger partial charge on any atom is -0.501 e. The third-order valence-electron chi connectivity index (χ3n) is 1.75. The number of ketones is 1. The maximum Gasteiger partial charge on any atom is 0.374 e. The van der Waals surface area contributed by atoms with Gasteiger partial charge in [-0.05, 0) is 12.8 Å². The van der Waals surface area contributed by atoms with Crippen molar-refractivity contribution in [2.75, 3.05) is 7.11 Å². The molecule has 1 aliphatic rings. The minimum atomic E-state index is -0.987. The van der Waals surface area contributed by atoms with Crippen LogP contribution >= 0.6 is 11.6 Å². The molecule has 5 heteroatoms. The minimum absolute atomic E-state index is 0.126. The zero-order chi connectivity index (χ0) is 10.0. The van der Waals surface area contributed by atoms with Gasteiger partial charge in [0.1, 0.15) is 5.03 Å². The first-order valence-electron chi connectivity index (χ1n) is 3.79. The fraction of sp³-hybridized carbons (Fsp3) is 0.500. The number of hydrogen-bond donors (Lipinski definition) is 1. The molecular formula is C8H9ClO4. The molecule has 0 atom stereocenters. The highest BCUT2D eigenvalue weighted by Gasteiger charge is 2.34. The number of carbonyl (C=O) groups is 2. The van der Waals surface area contributed by atoms with E-state index in [2.05, 4.69) is 4.74 Å². The van der Waals surface area contributed by atoms with Crippen LogP contribution in [0.3, 0.4) is 0 Å². The highest BCUT2D eigenvalue weighted by Crippen LogP contribution is 2.33. The molecule has 0 aliphatic heterocycles. The van der Waals surface area contributed by atoms with Crippen molar-refractivity contribution in [1.82, 2.24) is 0 Å². The van der Waals surface area contributed by atoms with E-state index in [1.807, 2.05) is 0 Å². The molecule has 0 amide bonds. The number of ether oxygens (including phenoxy) is 1. The van der Waals surface area contributed by atoms with Gasteiger partial charge in [-0.25, -0.2) is 4.79 Å². The Morgan fingerprint density at radius 1 is 1.46 bits per heavy atom. The van der Waals surface area contributed by atoms with Gasteiger partial charge in [0, 0.05) is 5.92 Å². The topological polar surface area (TPSA) is 63.6 Å². The lowest BCUT2D eigenvalue weighted by Gasteiger charge is -2.00. The molecule has 0 radical (unpaired) electrons. The maximum absolute atomic E-state index is 11.2. The van der Waals surface area contributed by atoms with Gasteiger partial charge in [0.05, 0.1) is 7.11 Å². The first kappa shape index (κ1) is 10.1. The standard InChI is InChI=1S/C8H9ClO4/c1-13-8(12)7(11)5(9)6(10)4-2-3-4/h4,11H,2-3H2,1H3. The van der Waals surface area contributed by atoms with Gasteiger partial charge in [-0.1, -0.05) is 11.6 Å². The lowest BCUT2D eigenvalue weighted by molar-refractivity contribution is -0.139. The van der Waals surface area contributed by atoms with Crippen molar-refractivity contribution in [2.45, 2.75) is 12.8 Å². The van der Waals surface area contributed by atoms with Crippen molar-refractivity contribution < 1.29 is 19.4 Å². The van der Waals surface area contributed by atoms with Gasteiger partial charge in [0.2, 0.25) is 5.76 Å². The molecule has 0 bridgehead atoms. The lowest BCUT2D eigenvalue weighted by atomic mass is 10.2.